The number of nitrogens with one attached hydrogen (secondary N) is 2. The molecule has 0 fully saturated rings. The van der Waals surface area contributed by atoms with E-state index >= 15 is 0 Å². The zero-order chi connectivity index (χ0) is 18.6. The van der Waals surface area contributed by atoms with E-state index in [9.17, 15) is 10.1 Å². The molecule has 27 heavy (non-hydrogen) atoms. The SMILES string of the molecule is N#Cc1ccccc1Sc1ccccc1C(=O)Nc1nc2ccccc2[nH]1. The Hall–Kier alpha value is -3.56. The lowest BCUT2D eigenvalue weighted by atomic mass is 10.2. The second-order valence-electron chi connectivity index (χ2n) is 5.76. The summed E-state index contributed by atoms with van der Waals surface area (Å²) in [6.07, 6.45) is 0. The smallest absolute Gasteiger partial charge is 0.259 e. The van der Waals surface area contributed by atoms with E-state index in [0.717, 1.165) is 20.8 Å². The number of carbonyl (C=O) groups is 1. The number of amides is 1. The zero-order valence-electron chi connectivity index (χ0n) is 14.1. The topological polar surface area (TPSA) is 81.6 Å². The Labute approximate surface area is 160 Å². The molecule has 0 unspecified atom stereocenters. The number of anilines is 1. The maximum Gasteiger partial charge on any atom is 0.259 e. The Morgan fingerprint density at radius 1 is 0.963 bits per heavy atom. The third-order valence-corrected chi connectivity index (χ3v) is 5.13. The number of fused-ring (bicyclic) bond motifs is 1. The minimum Gasteiger partial charge on any atom is -0.324 e. The molecule has 1 heterocycles. The van der Waals surface area contributed by atoms with Gasteiger partial charge in [-0.15, -0.1) is 0 Å². The maximum atomic E-state index is 12.8. The van der Waals surface area contributed by atoms with Gasteiger partial charge in [0, 0.05) is 9.79 Å². The van der Waals surface area contributed by atoms with Gasteiger partial charge in [-0.3, -0.25) is 10.1 Å². The lowest BCUT2D eigenvalue weighted by Gasteiger charge is -2.09. The molecule has 0 atom stereocenters. The van der Waals surface area contributed by atoms with E-state index in [4.69, 9.17) is 0 Å². The van der Waals surface area contributed by atoms with Crippen molar-refractivity contribution in [3.05, 3.63) is 83.9 Å². The van der Waals surface area contributed by atoms with E-state index < -0.39 is 0 Å². The predicted molar refractivity (Wildman–Crippen MR) is 106 cm³/mol. The highest BCUT2D eigenvalue weighted by atomic mass is 32.2. The van der Waals surface area contributed by atoms with Crippen LogP contribution in [0.4, 0.5) is 5.95 Å². The molecule has 0 aliphatic rings. The molecule has 2 N–H and O–H groups in total. The number of imidazole rings is 1. The van der Waals surface area contributed by atoms with Crippen LogP contribution in [0.2, 0.25) is 0 Å². The quantitative estimate of drug-likeness (QED) is 0.539. The van der Waals surface area contributed by atoms with Crippen molar-refractivity contribution in [2.45, 2.75) is 9.79 Å². The summed E-state index contributed by atoms with van der Waals surface area (Å²) in [4.78, 5) is 21.9. The van der Waals surface area contributed by atoms with Gasteiger partial charge in [-0.1, -0.05) is 48.2 Å². The number of nitriles is 1. The van der Waals surface area contributed by atoms with Gasteiger partial charge in [0.1, 0.15) is 6.07 Å². The first-order valence-electron chi connectivity index (χ1n) is 8.27. The Morgan fingerprint density at radius 3 is 2.48 bits per heavy atom. The number of hydrogen-bond donors (Lipinski definition) is 2. The molecule has 5 nitrogen and oxygen atoms in total. The molecule has 130 valence electrons. The highest BCUT2D eigenvalue weighted by molar-refractivity contribution is 7.99. The molecule has 1 amide bonds. The molecule has 4 aromatic rings. The largest absolute Gasteiger partial charge is 0.324 e. The summed E-state index contributed by atoms with van der Waals surface area (Å²) >= 11 is 1.40. The Morgan fingerprint density at radius 2 is 1.67 bits per heavy atom. The van der Waals surface area contributed by atoms with E-state index in [1.807, 2.05) is 60.7 Å². The summed E-state index contributed by atoms with van der Waals surface area (Å²) in [6.45, 7) is 0. The first-order valence-corrected chi connectivity index (χ1v) is 9.08. The Kier molecular flexibility index (Phi) is 4.60. The van der Waals surface area contributed by atoms with Crippen molar-refractivity contribution in [1.82, 2.24) is 9.97 Å². The van der Waals surface area contributed by atoms with Gasteiger partial charge in [-0.05, 0) is 36.4 Å². The van der Waals surface area contributed by atoms with Crippen LogP contribution in [0.25, 0.3) is 11.0 Å². The first-order chi connectivity index (χ1) is 13.2. The van der Waals surface area contributed by atoms with Gasteiger partial charge in [0.15, 0.2) is 0 Å². The summed E-state index contributed by atoms with van der Waals surface area (Å²) in [6, 6.07) is 24.4. The first kappa shape index (κ1) is 16.9. The van der Waals surface area contributed by atoms with Crippen LogP contribution in [-0.4, -0.2) is 15.9 Å². The molecule has 1 aromatic heterocycles. The number of para-hydroxylation sites is 2. The van der Waals surface area contributed by atoms with Crippen LogP contribution in [0.5, 0.6) is 0 Å². The molecule has 4 rings (SSSR count). The summed E-state index contributed by atoms with van der Waals surface area (Å²) in [7, 11) is 0. The van der Waals surface area contributed by atoms with E-state index in [0.29, 0.717) is 17.1 Å². The second-order valence-corrected chi connectivity index (χ2v) is 6.85. The lowest BCUT2D eigenvalue weighted by molar-refractivity contribution is 0.102. The predicted octanol–water partition coefficient (Wildman–Crippen LogP) is 4.84. The number of rotatable bonds is 4. The Balaban J connectivity index is 1.62. The van der Waals surface area contributed by atoms with Crippen LogP contribution in [0.1, 0.15) is 15.9 Å². The fraction of sp³-hybridized carbons (Fsp3) is 0. The highest BCUT2D eigenvalue weighted by Crippen LogP contribution is 2.32. The summed E-state index contributed by atoms with van der Waals surface area (Å²) in [5, 5.41) is 12.1. The van der Waals surface area contributed by atoms with Crippen LogP contribution in [0.3, 0.4) is 0 Å². The number of H-pyrrole nitrogens is 1. The standard InChI is InChI=1S/C21H14N4OS/c22-13-14-7-1-5-11-18(14)27-19-12-6-2-8-15(19)20(26)25-21-23-16-9-3-4-10-17(16)24-21/h1-12H,(H2,23,24,25,26). The molecule has 0 radical (unpaired) electrons. The second kappa shape index (κ2) is 7.36. The van der Waals surface area contributed by atoms with Crippen LogP contribution in [0, 0.1) is 11.3 Å². The molecule has 0 aliphatic carbocycles. The van der Waals surface area contributed by atoms with Crippen LogP contribution in [0.15, 0.2) is 82.6 Å². The van der Waals surface area contributed by atoms with Crippen LogP contribution in [-0.2, 0) is 0 Å². The van der Waals surface area contributed by atoms with Crippen molar-refractivity contribution < 1.29 is 4.79 Å². The van der Waals surface area contributed by atoms with Crippen molar-refractivity contribution in [1.29, 1.82) is 5.26 Å². The van der Waals surface area contributed by atoms with Crippen molar-refractivity contribution in [2.75, 3.05) is 5.32 Å². The lowest BCUT2D eigenvalue weighted by Crippen LogP contribution is -2.13. The molecule has 0 spiro atoms. The summed E-state index contributed by atoms with van der Waals surface area (Å²) in [5.41, 5.74) is 2.75. The molecule has 0 saturated heterocycles. The minimum absolute atomic E-state index is 0.258. The molecule has 3 aromatic carbocycles. The monoisotopic (exact) mass is 370 g/mol. The number of aromatic nitrogens is 2. The molecule has 6 heteroatoms. The molecular formula is C21H14N4OS. The number of aromatic amines is 1. The van der Waals surface area contributed by atoms with Gasteiger partial charge in [0.2, 0.25) is 5.95 Å². The van der Waals surface area contributed by atoms with Crippen LogP contribution < -0.4 is 5.32 Å². The van der Waals surface area contributed by atoms with Gasteiger partial charge < -0.3 is 4.98 Å². The normalized spacial score (nSPS) is 10.5. The number of carbonyl (C=O) groups excluding carboxylic acids is 1. The summed E-state index contributed by atoms with van der Waals surface area (Å²) < 4.78 is 0. The summed E-state index contributed by atoms with van der Waals surface area (Å²) in [5.74, 6) is 0.144. The number of benzene rings is 3. The zero-order valence-corrected chi connectivity index (χ0v) is 15.0. The minimum atomic E-state index is -0.258. The Bertz CT molecular complexity index is 1140. The van der Waals surface area contributed by atoms with Gasteiger partial charge >= 0.3 is 0 Å². The molecular weight excluding hydrogens is 356 g/mol. The van der Waals surface area contributed by atoms with E-state index in [2.05, 4.69) is 21.4 Å². The van der Waals surface area contributed by atoms with Crippen molar-refractivity contribution in [2.24, 2.45) is 0 Å². The van der Waals surface area contributed by atoms with E-state index in [-0.39, 0.29) is 5.91 Å². The molecule has 0 saturated carbocycles. The number of nitrogens with zero attached hydrogens (tertiary/aromatic N) is 2. The molecule has 0 aliphatic heterocycles. The highest BCUT2D eigenvalue weighted by Gasteiger charge is 2.15. The van der Waals surface area contributed by atoms with E-state index in [1.54, 1.807) is 12.1 Å². The fourth-order valence-corrected chi connectivity index (χ4v) is 3.72. The third kappa shape index (κ3) is 3.54. The average molecular weight is 370 g/mol. The average Bonchev–Trinajstić information content (AvgIpc) is 3.11. The van der Waals surface area contributed by atoms with Gasteiger partial charge in [0.25, 0.3) is 5.91 Å². The van der Waals surface area contributed by atoms with Crippen molar-refractivity contribution >= 4 is 34.7 Å². The van der Waals surface area contributed by atoms with Gasteiger partial charge in [0.05, 0.1) is 22.2 Å². The number of hydrogen-bond acceptors (Lipinski definition) is 4. The van der Waals surface area contributed by atoms with Crippen molar-refractivity contribution in [3.63, 3.8) is 0 Å². The maximum absolute atomic E-state index is 12.8. The third-order valence-electron chi connectivity index (χ3n) is 3.98. The molecule has 0 bridgehead atoms. The van der Waals surface area contributed by atoms with Crippen LogP contribution >= 0.6 is 11.8 Å². The fourth-order valence-electron chi connectivity index (χ4n) is 2.70. The van der Waals surface area contributed by atoms with Gasteiger partial charge in [-0.2, -0.15) is 5.26 Å². The van der Waals surface area contributed by atoms with Crippen molar-refractivity contribution in [3.8, 4) is 6.07 Å². The van der Waals surface area contributed by atoms with Gasteiger partial charge in [-0.25, -0.2) is 4.98 Å². The van der Waals surface area contributed by atoms with E-state index in [1.165, 1.54) is 11.8 Å².